The quantitative estimate of drug-likeness (QED) is 0.0992. The maximum Gasteiger partial charge on any atom is 0.295 e. The van der Waals surface area contributed by atoms with Crippen molar-refractivity contribution in [3.05, 3.63) is 100 Å². The van der Waals surface area contributed by atoms with Crippen LogP contribution in [-0.4, -0.2) is 98.4 Å². The summed E-state index contributed by atoms with van der Waals surface area (Å²) in [5.74, 6) is -0.375. The number of nitrogens with zero attached hydrogens (tertiary/aromatic N) is 4. The Bertz CT molecular complexity index is 1600. The third kappa shape index (κ3) is 9.93. The number of carbonyl (C=O) groups excluding carboxylic acids is 1. The fraction of sp³-hybridized carbons (Fsp3) is 0.394. The SMILES string of the molecule is CN(C)CCCN(C)CCNC(=O)[C@@H]1CCCN1S(=O)(=O)c1ccc(NNC(=S)NC(c2ccccc2)c2ccccc2)c([N+](=O)[O-])c1. The Labute approximate surface area is 287 Å². The number of hydrogen-bond acceptors (Lipinski definition) is 9. The molecule has 0 radical (unpaired) electrons. The fourth-order valence-electron chi connectivity index (χ4n) is 5.55. The second-order valence-corrected chi connectivity index (χ2v) is 14.2. The third-order valence-corrected chi connectivity index (χ3v) is 10.2. The number of benzene rings is 3. The van der Waals surface area contributed by atoms with E-state index in [2.05, 4.69) is 31.3 Å². The Balaban J connectivity index is 1.40. The summed E-state index contributed by atoms with van der Waals surface area (Å²) in [6.07, 6.45) is 1.87. The lowest BCUT2D eigenvalue weighted by atomic mass is 9.99. The zero-order valence-corrected chi connectivity index (χ0v) is 29.1. The molecule has 1 amide bonds. The summed E-state index contributed by atoms with van der Waals surface area (Å²) in [6, 6.07) is 21.8. The number of carbonyl (C=O) groups is 1. The van der Waals surface area contributed by atoms with Crippen LogP contribution in [0.15, 0.2) is 83.8 Å². The summed E-state index contributed by atoms with van der Waals surface area (Å²) in [6.45, 7) is 3.00. The number of amides is 1. The Morgan fingerprint density at radius 2 is 1.65 bits per heavy atom. The van der Waals surface area contributed by atoms with Crippen molar-refractivity contribution in [1.82, 2.24) is 30.2 Å². The molecule has 258 valence electrons. The number of nitrogens with one attached hydrogen (secondary N) is 4. The minimum atomic E-state index is -4.21. The summed E-state index contributed by atoms with van der Waals surface area (Å²) in [5.41, 5.74) is 7.02. The predicted octanol–water partition coefficient (Wildman–Crippen LogP) is 3.33. The Morgan fingerprint density at radius 3 is 2.25 bits per heavy atom. The molecule has 1 aliphatic rings. The van der Waals surface area contributed by atoms with E-state index >= 15 is 0 Å². The monoisotopic (exact) mass is 696 g/mol. The topological polar surface area (TPSA) is 152 Å². The van der Waals surface area contributed by atoms with Crippen molar-refractivity contribution in [3.8, 4) is 0 Å². The average molecular weight is 697 g/mol. The molecule has 1 fully saturated rings. The van der Waals surface area contributed by atoms with Gasteiger partial charge in [0.25, 0.3) is 5.69 Å². The van der Waals surface area contributed by atoms with Crippen molar-refractivity contribution >= 4 is 44.6 Å². The molecule has 0 aliphatic carbocycles. The highest BCUT2D eigenvalue weighted by molar-refractivity contribution is 7.89. The standard InChI is InChI=1S/C33H44N8O5S2/c1-38(2)20-11-21-39(3)23-19-34-32(42)29-16-10-22-40(29)48(45,46)27-17-18-28(30(24-27)41(43)44)36-37-33(47)35-31(25-12-6-4-7-13-25)26-14-8-5-9-15-26/h4-9,12-15,17-18,24,29,31,36H,10-11,16,19-23H2,1-3H3,(H,34,42)(H2,35,37,47)/t29-/m0/s1. The van der Waals surface area contributed by atoms with Crippen molar-refractivity contribution in [2.24, 2.45) is 0 Å². The van der Waals surface area contributed by atoms with Gasteiger partial charge in [0.05, 0.1) is 15.9 Å². The van der Waals surface area contributed by atoms with Crippen LogP contribution in [0.1, 0.15) is 36.4 Å². The first-order valence-electron chi connectivity index (χ1n) is 15.8. The van der Waals surface area contributed by atoms with Gasteiger partial charge < -0.3 is 20.4 Å². The molecule has 4 rings (SSSR count). The molecule has 1 heterocycles. The van der Waals surface area contributed by atoms with Crippen LogP contribution in [0.3, 0.4) is 0 Å². The van der Waals surface area contributed by atoms with Gasteiger partial charge in [-0.3, -0.25) is 25.8 Å². The highest BCUT2D eigenvalue weighted by Gasteiger charge is 2.40. The minimum absolute atomic E-state index is 0.0180. The first-order valence-corrected chi connectivity index (χ1v) is 17.7. The largest absolute Gasteiger partial charge is 0.353 e. The summed E-state index contributed by atoms with van der Waals surface area (Å²) >= 11 is 5.51. The highest BCUT2D eigenvalue weighted by Crippen LogP contribution is 2.32. The van der Waals surface area contributed by atoms with Crippen LogP contribution in [-0.2, 0) is 14.8 Å². The van der Waals surface area contributed by atoms with Gasteiger partial charge in [0.2, 0.25) is 15.9 Å². The van der Waals surface area contributed by atoms with Gasteiger partial charge in [-0.1, -0.05) is 60.7 Å². The second kappa shape index (κ2) is 17.3. The number of likely N-dealkylation sites (N-methyl/N-ethyl adjacent to an activating group) is 1. The van der Waals surface area contributed by atoms with Crippen LogP contribution in [0.2, 0.25) is 0 Å². The van der Waals surface area contributed by atoms with E-state index < -0.39 is 26.7 Å². The van der Waals surface area contributed by atoms with Crippen molar-refractivity contribution < 1.29 is 18.1 Å². The van der Waals surface area contributed by atoms with Gasteiger partial charge in [-0.25, -0.2) is 8.42 Å². The maximum atomic E-state index is 13.7. The number of nitro benzene ring substituents is 1. The smallest absolute Gasteiger partial charge is 0.295 e. The number of thiocarbonyl (C=S) groups is 1. The Morgan fingerprint density at radius 1 is 1.00 bits per heavy atom. The van der Waals surface area contributed by atoms with E-state index in [4.69, 9.17) is 12.2 Å². The number of sulfonamides is 1. The van der Waals surface area contributed by atoms with Crippen LogP contribution in [0.5, 0.6) is 0 Å². The van der Waals surface area contributed by atoms with E-state index in [-0.39, 0.29) is 34.2 Å². The lowest BCUT2D eigenvalue weighted by molar-refractivity contribution is -0.384. The number of nitro groups is 1. The fourth-order valence-corrected chi connectivity index (χ4v) is 7.40. The van der Waals surface area contributed by atoms with Crippen LogP contribution in [0.25, 0.3) is 0 Å². The van der Waals surface area contributed by atoms with E-state index in [1.165, 1.54) is 12.1 Å². The summed E-state index contributed by atoms with van der Waals surface area (Å²) in [7, 11) is 1.81. The number of anilines is 1. The Kier molecular flexibility index (Phi) is 13.2. The van der Waals surface area contributed by atoms with Crippen LogP contribution in [0, 0.1) is 10.1 Å². The van der Waals surface area contributed by atoms with Crippen molar-refractivity contribution in [2.45, 2.75) is 36.2 Å². The maximum absolute atomic E-state index is 13.7. The van der Waals surface area contributed by atoms with Gasteiger partial charge in [0.1, 0.15) is 11.7 Å². The molecule has 3 aromatic carbocycles. The molecule has 3 aromatic rings. The second-order valence-electron chi connectivity index (χ2n) is 11.9. The molecule has 0 aromatic heterocycles. The number of hydrogen-bond donors (Lipinski definition) is 4. The van der Waals surface area contributed by atoms with E-state index in [0.29, 0.717) is 25.9 Å². The first-order chi connectivity index (χ1) is 23.0. The lowest BCUT2D eigenvalue weighted by Crippen LogP contribution is -2.47. The lowest BCUT2D eigenvalue weighted by Gasteiger charge is -2.24. The summed E-state index contributed by atoms with van der Waals surface area (Å²) < 4.78 is 28.5. The van der Waals surface area contributed by atoms with Crippen LogP contribution in [0.4, 0.5) is 11.4 Å². The molecular weight excluding hydrogens is 653 g/mol. The molecular formula is C33H44N8O5S2. The molecule has 48 heavy (non-hydrogen) atoms. The van der Waals surface area contributed by atoms with E-state index in [1.807, 2.05) is 81.8 Å². The number of hydrazine groups is 1. The predicted molar refractivity (Wildman–Crippen MR) is 191 cm³/mol. The van der Waals surface area contributed by atoms with Crippen molar-refractivity contribution in [1.29, 1.82) is 0 Å². The molecule has 0 bridgehead atoms. The zero-order chi connectivity index (χ0) is 34.7. The van der Waals surface area contributed by atoms with Crippen LogP contribution >= 0.6 is 12.2 Å². The minimum Gasteiger partial charge on any atom is -0.353 e. The molecule has 0 unspecified atom stereocenters. The van der Waals surface area contributed by atoms with E-state index in [1.54, 1.807) is 0 Å². The van der Waals surface area contributed by atoms with Gasteiger partial charge >= 0.3 is 0 Å². The zero-order valence-electron chi connectivity index (χ0n) is 27.5. The molecule has 15 heteroatoms. The van der Waals surface area contributed by atoms with Gasteiger partial charge in [0, 0.05) is 25.7 Å². The molecule has 0 spiro atoms. The van der Waals surface area contributed by atoms with Crippen molar-refractivity contribution in [2.75, 3.05) is 59.3 Å². The average Bonchev–Trinajstić information content (AvgIpc) is 3.58. The van der Waals surface area contributed by atoms with Gasteiger partial charge in [-0.2, -0.15) is 4.31 Å². The summed E-state index contributed by atoms with van der Waals surface area (Å²) in [4.78, 5) is 28.4. The molecule has 1 aliphatic heterocycles. The van der Waals surface area contributed by atoms with E-state index in [0.717, 1.165) is 41.0 Å². The van der Waals surface area contributed by atoms with Crippen molar-refractivity contribution in [3.63, 3.8) is 0 Å². The van der Waals surface area contributed by atoms with E-state index in [9.17, 15) is 23.3 Å². The summed E-state index contributed by atoms with van der Waals surface area (Å²) in [5, 5.41) is 18.3. The van der Waals surface area contributed by atoms with Gasteiger partial charge in [-0.05, 0) is 89.0 Å². The first kappa shape index (κ1) is 36.7. The molecule has 13 nitrogen and oxygen atoms in total. The van der Waals surface area contributed by atoms with Crippen LogP contribution < -0.4 is 21.5 Å². The normalized spacial score (nSPS) is 15.1. The molecule has 1 atom stereocenters. The van der Waals surface area contributed by atoms with Gasteiger partial charge in [0.15, 0.2) is 5.11 Å². The molecule has 0 saturated carbocycles. The van der Waals surface area contributed by atoms with Gasteiger partial charge in [-0.15, -0.1) is 0 Å². The third-order valence-electron chi connectivity index (χ3n) is 8.07. The highest BCUT2D eigenvalue weighted by atomic mass is 32.2. The Hall–Kier alpha value is -4.15. The molecule has 1 saturated heterocycles. The molecule has 4 N–H and O–H groups in total. The number of rotatable bonds is 16.